The number of carbonyl (C=O) groups excluding carboxylic acids is 2. The fourth-order valence-electron chi connectivity index (χ4n) is 3.30. The Morgan fingerprint density at radius 1 is 1.11 bits per heavy atom. The smallest absolute Gasteiger partial charge is 0.308 e. The van der Waals surface area contributed by atoms with Crippen LogP contribution >= 0.6 is 0 Å². The molecule has 0 aliphatic heterocycles. The first-order chi connectivity index (χ1) is 13.5. The predicted molar refractivity (Wildman–Crippen MR) is 105 cm³/mol. The topological polar surface area (TPSA) is 81.4 Å². The molecule has 4 aromatic rings. The summed E-state index contributed by atoms with van der Waals surface area (Å²) in [5.74, 6) is 0.220. The van der Waals surface area contributed by atoms with Crippen LogP contribution in [0.15, 0.2) is 59.3 Å². The van der Waals surface area contributed by atoms with Crippen LogP contribution in [0.25, 0.3) is 21.7 Å². The molecule has 0 radical (unpaired) electrons. The Hall–Kier alpha value is -3.67. The third kappa shape index (κ3) is 3.20. The molecular formula is C22H18N2O4. The molecule has 0 bridgehead atoms. The molecule has 4 rings (SSSR count). The fraction of sp³-hybridized carbons (Fsp3) is 0.136. The normalized spacial score (nSPS) is 10.9. The van der Waals surface area contributed by atoms with Gasteiger partial charge in [0.2, 0.25) is 0 Å². The SMILES string of the molecule is CC(=O)Oc1cc2c(C(=O)NCc3cccnc3)c(C)oc2c2ccccc12. The average Bonchev–Trinajstić information content (AvgIpc) is 3.03. The second-order valence-electron chi connectivity index (χ2n) is 6.47. The van der Waals surface area contributed by atoms with Gasteiger partial charge in [0.25, 0.3) is 5.91 Å². The van der Waals surface area contributed by atoms with E-state index in [4.69, 9.17) is 9.15 Å². The van der Waals surface area contributed by atoms with E-state index in [-0.39, 0.29) is 5.91 Å². The number of benzene rings is 2. The minimum absolute atomic E-state index is 0.260. The summed E-state index contributed by atoms with van der Waals surface area (Å²) in [6.07, 6.45) is 3.38. The van der Waals surface area contributed by atoms with Gasteiger partial charge in [-0.3, -0.25) is 14.6 Å². The number of hydrogen-bond donors (Lipinski definition) is 1. The van der Waals surface area contributed by atoms with Crippen LogP contribution in [0, 0.1) is 6.92 Å². The maximum absolute atomic E-state index is 12.9. The standard InChI is InChI=1S/C22H18N2O4/c1-13-20(22(26)24-12-15-6-5-9-23-11-15)18-10-19(28-14(2)25)16-7-3-4-8-17(16)21(18)27-13/h3-11H,12H2,1-2H3,(H,24,26). The number of amides is 1. The van der Waals surface area contributed by atoms with E-state index in [1.54, 1.807) is 25.4 Å². The third-order valence-corrected chi connectivity index (χ3v) is 4.49. The molecule has 0 spiro atoms. The van der Waals surface area contributed by atoms with Crippen LogP contribution in [-0.2, 0) is 11.3 Å². The lowest BCUT2D eigenvalue weighted by atomic mass is 10.0. The molecule has 0 atom stereocenters. The quantitative estimate of drug-likeness (QED) is 0.429. The first-order valence-electron chi connectivity index (χ1n) is 8.85. The highest BCUT2D eigenvalue weighted by molar-refractivity contribution is 6.16. The van der Waals surface area contributed by atoms with Crippen molar-refractivity contribution in [1.29, 1.82) is 0 Å². The minimum atomic E-state index is -0.424. The molecule has 0 unspecified atom stereocenters. The Labute approximate surface area is 161 Å². The molecule has 140 valence electrons. The molecule has 0 saturated carbocycles. The summed E-state index contributed by atoms with van der Waals surface area (Å²) in [4.78, 5) is 28.5. The van der Waals surface area contributed by atoms with E-state index in [9.17, 15) is 9.59 Å². The monoisotopic (exact) mass is 374 g/mol. The van der Waals surface area contributed by atoms with Crippen LogP contribution in [0.3, 0.4) is 0 Å². The molecule has 2 aromatic heterocycles. The zero-order chi connectivity index (χ0) is 19.7. The molecule has 1 amide bonds. The van der Waals surface area contributed by atoms with Crippen molar-refractivity contribution in [1.82, 2.24) is 10.3 Å². The maximum atomic E-state index is 12.9. The molecule has 6 nitrogen and oxygen atoms in total. The summed E-state index contributed by atoms with van der Waals surface area (Å²) in [6.45, 7) is 3.45. The van der Waals surface area contributed by atoms with Gasteiger partial charge in [-0.25, -0.2) is 0 Å². The summed E-state index contributed by atoms with van der Waals surface area (Å²) in [7, 11) is 0. The Bertz CT molecular complexity index is 1200. The van der Waals surface area contributed by atoms with Crippen molar-refractivity contribution < 1.29 is 18.7 Å². The molecule has 28 heavy (non-hydrogen) atoms. The Morgan fingerprint density at radius 2 is 1.89 bits per heavy atom. The van der Waals surface area contributed by atoms with Gasteiger partial charge < -0.3 is 14.5 Å². The third-order valence-electron chi connectivity index (χ3n) is 4.49. The Kier molecular flexibility index (Phi) is 4.53. The number of esters is 1. The van der Waals surface area contributed by atoms with Crippen LogP contribution < -0.4 is 10.1 Å². The molecule has 0 aliphatic rings. The summed E-state index contributed by atoms with van der Waals surface area (Å²) in [5, 5.41) is 5.04. The zero-order valence-corrected chi connectivity index (χ0v) is 15.5. The lowest BCUT2D eigenvalue weighted by molar-refractivity contribution is -0.131. The average molecular weight is 374 g/mol. The lowest BCUT2D eigenvalue weighted by Gasteiger charge is -2.08. The molecule has 2 heterocycles. The predicted octanol–water partition coefficient (Wildman–Crippen LogP) is 4.14. The molecular weight excluding hydrogens is 356 g/mol. The summed E-state index contributed by atoms with van der Waals surface area (Å²) >= 11 is 0. The van der Waals surface area contributed by atoms with Crippen molar-refractivity contribution in [2.75, 3.05) is 0 Å². The number of carbonyl (C=O) groups is 2. The van der Waals surface area contributed by atoms with Crippen molar-refractivity contribution in [2.45, 2.75) is 20.4 Å². The van der Waals surface area contributed by atoms with Crippen molar-refractivity contribution >= 4 is 33.6 Å². The Morgan fingerprint density at radius 3 is 2.61 bits per heavy atom. The number of aryl methyl sites for hydroxylation is 1. The molecule has 0 fully saturated rings. The number of hydrogen-bond acceptors (Lipinski definition) is 5. The molecule has 0 aliphatic carbocycles. The van der Waals surface area contributed by atoms with Crippen molar-refractivity contribution in [3.05, 3.63) is 71.7 Å². The van der Waals surface area contributed by atoms with Crippen molar-refractivity contribution in [2.24, 2.45) is 0 Å². The van der Waals surface area contributed by atoms with Crippen LogP contribution in [0.4, 0.5) is 0 Å². The molecule has 6 heteroatoms. The van der Waals surface area contributed by atoms with E-state index in [0.717, 1.165) is 16.3 Å². The zero-order valence-electron chi connectivity index (χ0n) is 15.5. The number of fused-ring (bicyclic) bond motifs is 3. The van der Waals surface area contributed by atoms with E-state index in [1.165, 1.54) is 6.92 Å². The summed E-state index contributed by atoms with van der Waals surface area (Å²) < 4.78 is 11.3. The number of rotatable bonds is 4. The van der Waals surface area contributed by atoms with Gasteiger partial charge in [0, 0.05) is 42.0 Å². The van der Waals surface area contributed by atoms with E-state index in [0.29, 0.717) is 34.6 Å². The highest BCUT2D eigenvalue weighted by atomic mass is 16.5. The van der Waals surface area contributed by atoms with E-state index in [1.807, 2.05) is 36.4 Å². The molecule has 1 N–H and O–H groups in total. The highest BCUT2D eigenvalue weighted by Gasteiger charge is 2.22. The number of aromatic nitrogens is 1. The first-order valence-corrected chi connectivity index (χ1v) is 8.85. The van der Waals surface area contributed by atoms with Gasteiger partial charge in [-0.05, 0) is 24.6 Å². The summed E-state index contributed by atoms with van der Waals surface area (Å²) in [6, 6.07) is 12.9. The lowest BCUT2D eigenvalue weighted by Crippen LogP contribution is -2.23. The van der Waals surface area contributed by atoms with Gasteiger partial charge in [0.05, 0.1) is 5.56 Å². The number of furan rings is 1. The molecule has 2 aromatic carbocycles. The van der Waals surface area contributed by atoms with E-state index in [2.05, 4.69) is 10.3 Å². The maximum Gasteiger partial charge on any atom is 0.308 e. The number of pyridine rings is 1. The largest absolute Gasteiger partial charge is 0.460 e. The highest BCUT2D eigenvalue weighted by Crippen LogP contribution is 2.37. The second-order valence-corrected chi connectivity index (χ2v) is 6.47. The van der Waals surface area contributed by atoms with Crippen molar-refractivity contribution in [3.63, 3.8) is 0 Å². The van der Waals surface area contributed by atoms with Gasteiger partial charge in [0.15, 0.2) is 0 Å². The summed E-state index contributed by atoms with van der Waals surface area (Å²) in [5.41, 5.74) is 1.92. The fourth-order valence-corrected chi connectivity index (χ4v) is 3.30. The first kappa shape index (κ1) is 17.7. The van der Waals surface area contributed by atoms with Gasteiger partial charge >= 0.3 is 5.97 Å². The van der Waals surface area contributed by atoms with Gasteiger partial charge in [-0.1, -0.05) is 30.3 Å². The van der Waals surface area contributed by atoms with Crippen LogP contribution in [-0.4, -0.2) is 16.9 Å². The second kappa shape index (κ2) is 7.15. The van der Waals surface area contributed by atoms with Gasteiger partial charge in [-0.15, -0.1) is 0 Å². The van der Waals surface area contributed by atoms with Crippen LogP contribution in [0.5, 0.6) is 5.75 Å². The van der Waals surface area contributed by atoms with Gasteiger partial charge in [0.1, 0.15) is 17.1 Å². The number of nitrogens with one attached hydrogen (secondary N) is 1. The van der Waals surface area contributed by atoms with Gasteiger partial charge in [-0.2, -0.15) is 0 Å². The Balaban J connectivity index is 1.80. The van der Waals surface area contributed by atoms with E-state index >= 15 is 0 Å². The van der Waals surface area contributed by atoms with Crippen LogP contribution in [0.2, 0.25) is 0 Å². The minimum Gasteiger partial charge on any atom is -0.460 e. The number of nitrogens with zero attached hydrogens (tertiary/aromatic N) is 1. The van der Waals surface area contributed by atoms with Crippen molar-refractivity contribution in [3.8, 4) is 5.75 Å². The van der Waals surface area contributed by atoms with Crippen LogP contribution in [0.1, 0.15) is 28.6 Å². The number of ether oxygens (including phenoxy) is 1. The van der Waals surface area contributed by atoms with E-state index < -0.39 is 5.97 Å². The molecule has 0 saturated heterocycles.